The van der Waals surface area contributed by atoms with Crippen molar-refractivity contribution in [3.05, 3.63) is 24.3 Å². The summed E-state index contributed by atoms with van der Waals surface area (Å²) in [4.78, 5) is 13.2. The maximum atomic E-state index is 11.6. The molecule has 0 aromatic heterocycles. The number of piperidine rings is 1. The summed E-state index contributed by atoms with van der Waals surface area (Å²) in [5.74, 6) is -0.865. The van der Waals surface area contributed by atoms with Crippen LogP contribution in [0.4, 0.5) is 5.69 Å². The molecule has 110 valence electrons. The van der Waals surface area contributed by atoms with Gasteiger partial charge < -0.3 is 10.0 Å². The minimum atomic E-state index is -3.83. The number of benzene rings is 1. The number of anilines is 1. The highest BCUT2D eigenvalue weighted by atomic mass is 32.2. The summed E-state index contributed by atoms with van der Waals surface area (Å²) >= 11 is 0. The smallest absolute Gasteiger partial charge is 0.311 e. The van der Waals surface area contributed by atoms with Crippen LogP contribution >= 0.6 is 0 Å². The van der Waals surface area contributed by atoms with Gasteiger partial charge in [0.15, 0.2) is 0 Å². The van der Waals surface area contributed by atoms with E-state index in [2.05, 4.69) is 0 Å². The zero-order valence-electron chi connectivity index (χ0n) is 11.2. The number of rotatable bonds is 3. The second-order valence-electron chi connectivity index (χ2n) is 5.40. The summed E-state index contributed by atoms with van der Waals surface area (Å²) in [5.41, 5.74) is -0.397. The van der Waals surface area contributed by atoms with Gasteiger partial charge in [-0.3, -0.25) is 4.79 Å². The van der Waals surface area contributed by atoms with Crippen molar-refractivity contribution in [1.29, 1.82) is 0 Å². The van der Waals surface area contributed by atoms with Gasteiger partial charge >= 0.3 is 5.97 Å². The second kappa shape index (κ2) is 5.06. The van der Waals surface area contributed by atoms with E-state index in [9.17, 15) is 18.3 Å². The lowest BCUT2D eigenvalue weighted by atomic mass is 9.82. The summed E-state index contributed by atoms with van der Waals surface area (Å²) in [5, 5.41) is 14.5. The molecule has 20 heavy (non-hydrogen) atoms. The molecule has 1 aliphatic heterocycles. The third-order valence-corrected chi connectivity index (χ3v) is 4.68. The predicted molar refractivity (Wildman–Crippen MR) is 75.0 cm³/mol. The maximum Gasteiger partial charge on any atom is 0.311 e. The fourth-order valence-corrected chi connectivity index (χ4v) is 3.34. The van der Waals surface area contributed by atoms with Gasteiger partial charge in [0.05, 0.1) is 11.1 Å². The SMILES string of the molecule is CC1(C(=O)O)CCCN(c2ccccc2S(N)(=O)=O)C1. The zero-order chi connectivity index (χ0) is 15.0. The number of carbonyl (C=O) groups is 1. The lowest BCUT2D eigenvalue weighted by Gasteiger charge is -2.39. The lowest BCUT2D eigenvalue weighted by Crippen LogP contribution is -2.46. The number of aliphatic carboxylic acids is 1. The van der Waals surface area contributed by atoms with Crippen LogP contribution < -0.4 is 10.0 Å². The van der Waals surface area contributed by atoms with Crippen molar-refractivity contribution in [1.82, 2.24) is 0 Å². The van der Waals surface area contributed by atoms with Gasteiger partial charge in [-0.1, -0.05) is 12.1 Å². The Bertz CT molecular complexity index is 629. The van der Waals surface area contributed by atoms with Crippen molar-refractivity contribution in [2.24, 2.45) is 10.6 Å². The fourth-order valence-electron chi connectivity index (χ4n) is 2.58. The average molecular weight is 298 g/mol. The third-order valence-electron chi connectivity index (χ3n) is 3.73. The van der Waals surface area contributed by atoms with Crippen LogP contribution in [-0.4, -0.2) is 32.6 Å². The van der Waals surface area contributed by atoms with Crippen molar-refractivity contribution in [2.45, 2.75) is 24.7 Å². The number of nitrogens with two attached hydrogens (primary N) is 1. The molecule has 6 nitrogen and oxygen atoms in total. The molecule has 0 amide bonds. The standard InChI is InChI=1S/C13H18N2O4S/c1-13(12(16)17)7-4-8-15(9-13)10-5-2-3-6-11(10)20(14,18)19/h2-3,5-6H,4,7-9H2,1H3,(H,16,17)(H2,14,18,19). The molecule has 0 spiro atoms. The van der Waals surface area contributed by atoms with E-state index >= 15 is 0 Å². The van der Waals surface area contributed by atoms with Gasteiger partial charge in [-0.25, -0.2) is 13.6 Å². The van der Waals surface area contributed by atoms with Crippen LogP contribution in [0, 0.1) is 5.41 Å². The lowest BCUT2D eigenvalue weighted by molar-refractivity contribution is -0.148. The molecule has 0 saturated carbocycles. The molecule has 1 atom stereocenters. The van der Waals surface area contributed by atoms with Crippen molar-refractivity contribution < 1.29 is 18.3 Å². The minimum absolute atomic E-state index is 0.0367. The van der Waals surface area contributed by atoms with Crippen molar-refractivity contribution in [3.8, 4) is 0 Å². The first-order chi connectivity index (χ1) is 9.24. The molecular formula is C13H18N2O4S. The Hall–Kier alpha value is -1.60. The van der Waals surface area contributed by atoms with E-state index in [1.807, 2.05) is 0 Å². The van der Waals surface area contributed by atoms with Crippen LogP contribution in [0.1, 0.15) is 19.8 Å². The first-order valence-corrected chi connectivity index (χ1v) is 7.89. The number of hydrogen-bond donors (Lipinski definition) is 2. The Labute approximate surface area is 118 Å². The normalized spacial score (nSPS) is 23.6. The van der Waals surface area contributed by atoms with Crippen LogP contribution in [0.25, 0.3) is 0 Å². The molecule has 1 heterocycles. The van der Waals surface area contributed by atoms with Gasteiger partial charge in [0.25, 0.3) is 0 Å². The number of carboxylic acid groups (broad SMARTS) is 1. The summed E-state index contributed by atoms with van der Waals surface area (Å²) in [7, 11) is -3.83. The van der Waals surface area contributed by atoms with Crippen LogP contribution in [0.3, 0.4) is 0 Å². The highest BCUT2D eigenvalue weighted by Crippen LogP contribution is 2.34. The molecule has 1 unspecified atom stereocenters. The number of hydrogen-bond acceptors (Lipinski definition) is 4. The van der Waals surface area contributed by atoms with E-state index in [0.29, 0.717) is 25.1 Å². The Morgan fingerprint density at radius 1 is 1.40 bits per heavy atom. The Kier molecular flexibility index (Phi) is 3.75. The topological polar surface area (TPSA) is 101 Å². The van der Waals surface area contributed by atoms with Crippen molar-refractivity contribution >= 4 is 21.7 Å². The number of para-hydroxylation sites is 1. The third kappa shape index (κ3) is 2.78. The Morgan fingerprint density at radius 2 is 2.05 bits per heavy atom. The largest absolute Gasteiger partial charge is 0.481 e. The molecule has 0 aliphatic carbocycles. The number of sulfonamides is 1. The van der Waals surface area contributed by atoms with Gasteiger partial charge in [0.2, 0.25) is 10.0 Å². The first kappa shape index (κ1) is 14.8. The number of nitrogens with zero attached hydrogens (tertiary/aromatic N) is 1. The van der Waals surface area contributed by atoms with Crippen LogP contribution in [0.5, 0.6) is 0 Å². The first-order valence-electron chi connectivity index (χ1n) is 6.34. The molecule has 7 heteroatoms. The van der Waals surface area contributed by atoms with Gasteiger partial charge in [0.1, 0.15) is 4.90 Å². The van der Waals surface area contributed by atoms with E-state index in [-0.39, 0.29) is 11.4 Å². The summed E-state index contributed by atoms with van der Waals surface area (Å²) in [6, 6.07) is 6.42. The van der Waals surface area contributed by atoms with E-state index in [1.165, 1.54) is 6.07 Å². The molecule has 1 aromatic rings. The summed E-state index contributed by atoms with van der Waals surface area (Å²) < 4.78 is 23.3. The van der Waals surface area contributed by atoms with E-state index in [4.69, 9.17) is 5.14 Å². The Morgan fingerprint density at radius 3 is 2.65 bits per heavy atom. The second-order valence-corrected chi connectivity index (χ2v) is 6.93. The average Bonchev–Trinajstić information content (AvgIpc) is 2.37. The summed E-state index contributed by atoms with van der Waals surface area (Å²) in [6.45, 7) is 2.57. The fraction of sp³-hybridized carbons (Fsp3) is 0.462. The molecule has 3 N–H and O–H groups in total. The van der Waals surface area contributed by atoms with Gasteiger partial charge in [-0.2, -0.15) is 0 Å². The highest BCUT2D eigenvalue weighted by molar-refractivity contribution is 7.89. The predicted octanol–water partition coefficient (Wildman–Crippen LogP) is 1.03. The molecule has 1 fully saturated rings. The Balaban J connectivity index is 2.40. The van der Waals surface area contributed by atoms with Gasteiger partial charge in [-0.15, -0.1) is 0 Å². The van der Waals surface area contributed by atoms with Crippen LogP contribution in [0.2, 0.25) is 0 Å². The molecule has 1 saturated heterocycles. The van der Waals surface area contributed by atoms with E-state index < -0.39 is 21.4 Å². The quantitative estimate of drug-likeness (QED) is 0.868. The molecular weight excluding hydrogens is 280 g/mol. The van der Waals surface area contributed by atoms with Gasteiger partial charge in [0, 0.05) is 13.1 Å². The molecule has 0 radical (unpaired) electrons. The maximum absolute atomic E-state index is 11.6. The van der Waals surface area contributed by atoms with Gasteiger partial charge in [-0.05, 0) is 31.9 Å². The van der Waals surface area contributed by atoms with E-state index in [0.717, 1.165) is 0 Å². The molecule has 1 aromatic carbocycles. The number of carboxylic acids is 1. The minimum Gasteiger partial charge on any atom is -0.481 e. The molecule has 1 aliphatic rings. The zero-order valence-corrected chi connectivity index (χ0v) is 12.1. The summed E-state index contributed by atoms with van der Waals surface area (Å²) in [6.07, 6.45) is 1.28. The monoisotopic (exact) mass is 298 g/mol. The molecule has 0 bridgehead atoms. The van der Waals surface area contributed by atoms with Crippen LogP contribution in [0.15, 0.2) is 29.2 Å². The molecule has 2 rings (SSSR count). The van der Waals surface area contributed by atoms with Crippen molar-refractivity contribution in [3.63, 3.8) is 0 Å². The van der Waals surface area contributed by atoms with Crippen molar-refractivity contribution in [2.75, 3.05) is 18.0 Å². The van der Waals surface area contributed by atoms with E-state index in [1.54, 1.807) is 30.0 Å². The number of primary sulfonamides is 1. The highest BCUT2D eigenvalue weighted by Gasteiger charge is 2.38. The van der Waals surface area contributed by atoms with Crippen LogP contribution in [-0.2, 0) is 14.8 Å².